The third-order valence-corrected chi connectivity index (χ3v) is 2.35. The molecule has 0 aliphatic carbocycles. The van der Waals surface area contributed by atoms with Gasteiger partial charge in [0.25, 0.3) is 0 Å². The Kier molecular flexibility index (Phi) is 2.76. The molecule has 2 aromatic heterocycles. The summed E-state index contributed by atoms with van der Waals surface area (Å²) in [5, 5.41) is 25.3. The first kappa shape index (κ1) is 10.8. The van der Waals surface area contributed by atoms with Gasteiger partial charge in [-0.25, -0.2) is 4.52 Å². The summed E-state index contributed by atoms with van der Waals surface area (Å²) in [6.45, 7) is 1.30. The van der Waals surface area contributed by atoms with Crippen LogP contribution in [0, 0.1) is 0 Å². The number of nitrogens with zero attached hydrogens (tertiary/aromatic N) is 3. The SMILES string of the molecule is CC(CO)(CO)Nc1nc2ccccn2n1. The molecule has 2 heterocycles. The van der Waals surface area contributed by atoms with Crippen molar-refractivity contribution < 1.29 is 10.2 Å². The van der Waals surface area contributed by atoms with Crippen molar-refractivity contribution >= 4 is 11.6 Å². The van der Waals surface area contributed by atoms with E-state index in [2.05, 4.69) is 15.4 Å². The summed E-state index contributed by atoms with van der Waals surface area (Å²) in [6, 6.07) is 5.54. The molecule has 0 atom stereocenters. The summed E-state index contributed by atoms with van der Waals surface area (Å²) in [7, 11) is 0. The lowest BCUT2D eigenvalue weighted by molar-refractivity contribution is 0.147. The largest absolute Gasteiger partial charge is 0.394 e. The van der Waals surface area contributed by atoms with E-state index in [-0.39, 0.29) is 13.2 Å². The molecule has 0 radical (unpaired) electrons. The number of pyridine rings is 1. The van der Waals surface area contributed by atoms with Crippen LogP contribution >= 0.6 is 0 Å². The Bertz CT molecular complexity index is 445. The molecule has 0 saturated carbocycles. The molecule has 0 spiro atoms. The smallest absolute Gasteiger partial charge is 0.243 e. The number of hydrogen-bond donors (Lipinski definition) is 3. The van der Waals surface area contributed by atoms with Gasteiger partial charge in [-0.2, -0.15) is 4.98 Å². The Balaban J connectivity index is 2.27. The van der Waals surface area contributed by atoms with Crippen LogP contribution in [0.1, 0.15) is 6.92 Å². The molecule has 0 bridgehead atoms. The van der Waals surface area contributed by atoms with Crippen molar-refractivity contribution in [3.63, 3.8) is 0 Å². The van der Waals surface area contributed by atoms with E-state index in [0.29, 0.717) is 11.6 Å². The molecule has 0 aromatic carbocycles. The average Bonchev–Trinajstić information content (AvgIpc) is 2.70. The maximum absolute atomic E-state index is 9.14. The Hall–Kier alpha value is -1.66. The van der Waals surface area contributed by atoms with Crippen LogP contribution in [0.2, 0.25) is 0 Å². The number of nitrogens with one attached hydrogen (secondary N) is 1. The van der Waals surface area contributed by atoms with Crippen LogP contribution in [0.3, 0.4) is 0 Å². The van der Waals surface area contributed by atoms with E-state index in [9.17, 15) is 0 Å². The first-order chi connectivity index (χ1) is 7.67. The maximum atomic E-state index is 9.14. The van der Waals surface area contributed by atoms with Gasteiger partial charge in [0.05, 0.1) is 18.8 Å². The summed E-state index contributed by atoms with van der Waals surface area (Å²) < 4.78 is 1.62. The molecule has 0 aliphatic heterocycles. The Morgan fingerprint density at radius 2 is 2.12 bits per heavy atom. The second kappa shape index (κ2) is 4.07. The van der Waals surface area contributed by atoms with Gasteiger partial charge in [0.15, 0.2) is 5.65 Å². The lowest BCUT2D eigenvalue weighted by Crippen LogP contribution is -2.42. The fourth-order valence-corrected chi connectivity index (χ4v) is 1.28. The second-order valence-electron chi connectivity index (χ2n) is 3.94. The van der Waals surface area contributed by atoms with Gasteiger partial charge in [-0.1, -0.05) is 6.07 Å². The van der Waals surface area contributed by atoms with E-state index < -0.39 is 5.54 Å². The standard InChI is InChI=1S/C10H14N4O2/c1-10(6-15,7-16)12-9-11-8-4-2-3-5-14(8)13-9/h2-5,15-16H,6-7H2,1H3,(H,12,13). The highest BCUT2D eigenvalue weighted by Gasteiger charge is 2.23. The normalized spacial score (nSPS) is 11.9. The van der Waals surface area contributed by atoms with Crippen LogP contribution in [0.4, 0.5) is 5.95 Å². The lowest BCUT2D eigenvalue weighted by Gasteiger charge is -2.24. The molecule has 6 nitrogen and oxygen atoms in total. The van der Waals surface area contributed by atoms with Crippen LogP contribution in [-0.2, 0) is 0 Å². The third-order valence-electron chi connectivity index (χ3n) is 2.35. The van der Waals surface area contributed by atoms with E-state index in [0.717, 1.165) is 0 Å². The van der Waals surface area contributed by atoms with E-state index in [1.807, 2.05) is 18.2 Å². The van der Waals surface area contributed by atoms with E-state index in [4.69, 9.17) is 10.2 Å². The number of anilines is 1. The zero-order valence-corrected chi connectivity index (χ0v) is 8.96. The molecule has 0 fully saturated rings. The van der Waals surface area contributed by atoms with Crippen LogP contribution in [0.5, 0.6) is 0 Å². The molecule has 2 aromatic rings. The fraction of sp³-hybridized carbons (Fsp3) is 0.400. The van der Waals surface area contributed by atoms with Crippen LogP contribution in [-0.4, -0.2) is 43.6 Å². The molecule has 0 unspecified atom stereocenters. The molecular weight excluding hydrogens is 208 g/mol. The number of hydrogen-bond acceptors (Lipinski definition) is 5. The Morgan fingerprint density at radius 3 is 2.75 bits per heavy atom. The molecule has 0 saturated heterocycles. The molecule has 0 amide bonds. The van der Waals surface area contributed by atoms with Crippen LogP contribution in [0.15, 0.2) is 24.4 Å². The van der Waals surface area contributed by atoms with Gasteiger partial charge in [0.1, 0.15) is 0 Å². The van der Waals surface area contributed by atoms with Gasteiger partial charge in [-0.05, 0) is 19.1 Å². The van der Waals surface area contributed by atoms with Crippen LogP contribution < -0.4 is 5.32 Å². The highest BCUT2D eigenvalue weighted by Crippen LogP contribution is 2.11. The lowest BCUT2D eigenvalue weighted by atomic mass is 10.1. The van der Waals surface area contributed by atoms with E-state index >= 15 is 0 Å². The van der Waals surface area contributed by atoms with Crippen LogP contribution in [0.25, 0.3) is 5.65 Å². The first-order valence-electron chi connectivity index (χ1n) is 4.98. The summed E-state index contributed by atoms with van der Waals surface area (Å²) >= 11 is 0. The fourth-order valence-electron chi connectivity index (χ4n) is 1.28. The summed E-state index contributed by atoms with van der Waals surface area (Å²) in [6.07, 6.45) is 1.78. The van der Waals surface area contributed by atoms with Crippen molar-refractivity contribution in [1.29, 1.82) is 0 Å². The molecule has 2 rings (SSSR count). The van der Waals surface area contributed by atoms with Gasteiger partial charge >= 0.3 is 0 Å². The summed E-state index contributed by atoms with van der Waals surface area (Å²) in [5.41, 5.74) is -0.103. The monoisotopic (exact) mass is 222 g/mol. The number of aliphatic hydroxyl groups excluding tert-OH is 2. The zero-order chi connectivity index (χ0) is 11.6. The molecular formula is C10H14N4O2. The van der Waals surface area contributed by atoms with Crippen molar-refractivity contribution in [2.45, 2.75) is 12.5 Å². The number of fused-ring (bicyclic) bond motifs is 1. The molecule has 3 N–H and O–H groups in total. The van der Waals surface area contributed by atoms with Gasteiger partial charge in [0, 0.05) is 6.20 Å². The average molecular weight is 222 g/mol. The third kappa shape index (κ3) is 1.98. The van der Waals surface area contributed by atoms with E-state index in [1.165, 1.54) is 0 Å². The molecule has 86 valence electrons. The molecule has 16 heavy (non-hydrogen) atoms. The van der Waals surface area contributed by atoms with Crippen molar-refractivity contribution in [3.05, 3.63) is 24.4 Å². The quantitative estimate of drug-likeness (QED) is 0.672. The Labute approximate surface area is 92.6 Å². The van der Waals surface area contributed by atoms with Gasteiger partial charge in [-0.3, -0.25) is 0 Å². The highest BCUT2D eigenvalue weighted by molar-refractivity contribution is 5.43. The summed E-state index contributed by atoms with van der Waals surface area (Å²) in [4.78, 5) is 4.21. The summed E-state index contributed by atoms with van der Waals surface area (Å²) in [5.74, 6) is 0.386. The molecule has 6 heteroatoms. The topological polar surface area (TPSA) is 82.7 Å². The highest BCUT2D eigenvalue weighted by atomic mass is 16.3. The second-order valence-corrected chi connectivity index (χ2v) is 3.94. The number of aliphatic hydroxyl groups is 2. The maximum Gasteiger partial charge on any atom is 0.243 e. The number of aromatic nitrogens is 3. The number of rotatable bonds is 4. The molecule has 0 aliphatic rings. The van der Waals surface area contributed by atoms with Crippen molar-refractivity contribution in [2.24, 2.45) is 0 Å². The Morgan fingerprint density at radius 1 is 1.38 bits per heavy atom. The van der Waals surface area contributed by atoms with Crippen molar-refractivity contribution in [1.82, 2.24) is 14.6 Å². The predicted molar refractivity (Wildman–Crippen MR) is 59.2 cm³/mol. The van der Waals surface area contributed by atoms with Crippen molar-refractivity contribution in [3.8, 4) is 0 Å². The predicted octanol–water partition coefficient (Wildman–Crippen LogP) is -0.116. The van der Waals surface area contributed by atoms with Gasteiger partial charge in [0.2, 0.25) is 5.95 Å². The van der Waals surface area contributed by atoms with E-state index in [1.54, 1.807) is 17.6 Å². The minimum Gasteiger partial charge on any atom is -0.394 e. The minimum absolute atomic E-state index is 0.195. The minimum atomic E-state index is -0.815. The first-order valence-corrected chi connectivity index (χ1v) is 4.98. The zero-order valence-electron chi connectivity index (χ0n) is 8.96. The van der Waals surface area contributed by atoms with Crippen molar-refractivity contribution in [2.75, 3.05) is 18.5 Å². The van der Waals surface area contributed by atoms with Gasteiger partial charge in [-0.15, -0.1) is 5.10 Å². The van der Waals surface area contributed by atoms with Gasteiger partial charge < -0.3 is 15.5 Å².